The van der Waals surface area contributed by atoms with E-state index in [2.05, 4.69) is 5.32 Å². The molecule has 8 nitrogen and oxygen atoms in total. The fourth-order valence-electron chi connectivity index (χ4n) is 1.22. The van der Waals surface area contributed by atoms with Crippen LogP contribution in [0.15, 0.2) is 0 Å². The Hall–Kier alpha value is -2.12. The van der Waals surface area contributed by atoms with Gasteiger partial charge in [-0.2, -0.15) is 0 Å². The first kappa shape index (κ1) is 17.9. The van der Waals surface area contributed by atoms with Gasteiger partial charge in [-0.05, 0) is 6.92 Å². The average molecular weight is 286 g/mol. The molecule has 20 heavy (non-hydrogen) atoms. The van der Waals surface area contributed by atoms with Gasteiger partial charge in [0.1, 0.15) is 0 Å². The predicted octanol–water partition coefficient (Wildman–Crippen LogP) is -1.87. The third-order valence-corrected chi connectivity index (χ3v) is 2.71. The number of rotatable bonds is 8. The topological polar surface area (TPSA) is 90.0 Å². The maximum Gasteiger partial charge on any atom is 0.242 e. The number of amides is 4. The Morgan fingerprint density at radius 1 is 1.00 bits per heavy atom. The number of carbonyl (C=O) groups excluding carboxylic acids is 4. The Bertz CT molecular complexity index is 372. The molecule has 0 aliphatic carbocycles. The van der Waals surface area contributed by atoms with Crippen molar-refractivity contribution in [3.63, 3.8) is 0 Å². The molecule has 1 N–H and O–H groups in total. The lowest BCUT2D eigenvalue weighted by atomic mass is 10.4. The molecule has 0 fully saturated rings. The Morgan fingerprint density at radius 3 is 2.10 bits per heavy atom. The van der Waals surface area contributed by atoms with Crippen LogP contribution in [0, 0.1) is 0 Å². The second-order valence-corrected chi connectivity index (χ2v) is 4.45. The highest BCUT2D eigenvalue weighted by molar-refractivity contribution is 5.88. The SMILES string of the molecule is CCN(C)C(=O)CN(C)C(=O)CNC(=O)CN(C)C=O. The number of likely N-dealkylation sites (N-methyl/N-ethyl adjacent to an activating group) is 3. The molecule has 0 aromatic carbocycles. The summed E-state index contributed by atoms with van der Waals surface area (Å²) in [5.41, 5.74) is 0. The van der Waals surface area contributed by atoms with E-state index in [0.29, 0.717) is 13.0 Å². The van der Waals surface area contributed by atoms with Crippen LogP contribution >= 0.6 is 0 Å². The molecule has 0 atom stereocenters. The van der Waals surface area contributed by atoms with Crippen LogP contribution in [0.5, 0.6) is 0 Å². The van der Waals surface area contributed by atoms with Crippen molar-refractivity contribution in [2.45, 2.75) is 6.92 Å². The third kappa shape index (κ3) is 6.72. The van der Waals surface area contributed by atoms with Gasteiger partial charge in [0.15, 0.2) is 0 Å². The van der Waals surface area contributed by atoms with E-state index in [1.807, 2.05) is 6.92 Å². The summed E-state index contributed by atoms with van der Waals surface area (Å²) in [4.78, 5) is 48.9. The van der Waals surface area contributed by atoms with Crippen LogP contribution in [-0.4, -0.2) is 86.2 Å². The van der Waals surface area contributed by atoms with Gasteiger partial charge in [-0.15, -0.1) is 0 Å². The molecule has 8 heteroatoms. The highest BCUT2D eigenvalue weighted by atomic mass is 16.2. The first-order chi connectivity index (χ1) is 9.31. The lowest BCUT2D eigenvalue weighted by Gasteiger charge is -2.21. The standard InChI is InChI=1S/C12H22N4O4/c1-5-15(3)12(20)8-16(4)11(19)6-13-10(18)7-14(2)9-17/h9H,5-8H2,1-4H3,(H,13,18). The second-order valence-electron chi connectivity index (χ2n) is 4.45. The minimum Gasteiger partial charge on any atom is -0.345 e. The van der Waals surface area contributed by atoms with Crippen molar-refractivity contribution in [3.05, 3.63) is 0 Å². The molecule has 0 rings (SSSR count). The van der Waals surface area contributed by atoms with E-state index >= 15 is 0 Å². The summed E-state index contributed by atoms with van der Waals surface area (Å²) in [6, 6.07) is 0. The van der Waals surface area contributed by atoms with Gasteiger partial charge in [-0.25, -0.2) is 0 Å². The zero-order chi connectivity index (χ0) is 15.7. The van der Waals surface area contributed by atoms with Crippen LogP contribution in [0.3, 0.4) is 0 Å². The number of nitrogens with one attached hydrogen (secondary N) is 1. The fourth-order valence-corrected chi connectivity index (χ4v) is 1.22. The van der Waals surface area contributed by atoms with Crippen molar-refractivity contribution in [2.75, 3.05) is 47.3 Å². The third-order valence-electron chi connectivity index (χ3n) is 2.71. The average Bonchev–Trinajstić information content (AvgIpc) is 2.43. The second kappa shape index (κ2) is 8.89. The molecule has 0 spiro atoms. The smallest absolute Gasteiger partial charge is 0.242 e. The van der Waals surface area contributed by atoms with Gasteiger partial charge < -0.3 is 20.0 Å². The molecule has 0 aliphatic rings. The van der Waals surface area contributed by atoms with E-state index in [1.54, 1.807) is 7.05 Å². The molecule has 0 bridgehead atoms. The van der Waals surface area contributed by atoms with E-state index in [-0.39, 0.29) is 31.4 Å². The van der Waals surface area contributed by atoms with Crippen LogP contribution in [0.2, 0.25) is 0 Å². The van der Waals surface area contributed by atoms with E-state index in [1.165, 1.54) is 23.9 Å². The molecule has 0 aromatic rings. The van der Waals surface area contributed by atoms with Crippen LogP contribution in [-0.2, 0) is 19.2 Å². The fraction of sp³-hybridized carbons (Fsp3) is 0.667. The van der Waals surface area contributed by atoms with Crippen molar-refractivity contribution in [2.24, 2.45) is 0 Å². The van der Waals surface area contributed by atoms with E-state index in [0.717, 1.165) is 4.90 Å². The largest absolute Gasteiger partial charge is 0.345 e. The minimum atomic E-state index is -0.432. The van der Waals surface area contributed by atoms with Crippen molar-refractivity contribution in [3.8, 4) is 0 Å². The maximum atomic E-state index is 11.7. The summed E-state index contributed by atoms with van der Waals surface area (Å²) in [5, 5.41) is 2.39. The molecule has 0 saturated carbocycles. The monoisotopic (exact) mass is 286 g/mol. The molecule has 114 valence electrons. The van der Waals surface area contributed by atoms with E-state index < -0.39 is 5.91 Å². The Morgan fingerprint density at radius 2 is 1.60 bits per heavy atom. The van der Waals surface area contributed by atoms with E-state index in [9.17, 15) is 19.2 Å². The van der Waals surface area contributed by atoms with Gasteiger partial charge in [0.25, 0.3) is 0 Å². The van der Waals surface area contributed by atoms with E-state index in [4.69, 9.17) is 0 Å². The molecular formula is C12H22N4O4. The molecular weight excluding hydrogens is 264 g/mol. The highest BCUT2D eigenvalue weighted by Crippen LogP contribution is 1.90. The summed E-state index contributed by atoms with van der Waals surface area (Å²) >= 11 is 0. The lowest BCUT2D eigenvalue weighted by Crippen LogP contribution is -2.44. The van der Waals surface area contributed by atoms with Crippen molar-refractivity contribution < 1.29 is 19.2 Å². The van der Waals surface area contributed by atoms with Crippen molar-refractivity contribution in [1.29, 1.82) is 0 Å². The van der Waals surface area contributed by atoms with Crippen molar-refractivity contribution in [1.82, 2.24) is 20.0 Å². The first-order valence-electron chi connectivity index (χ1n) is 6.22. The molecule has 0 unspecified atom stereocenters. The molecule has 0 aliphatic heterocycles. The van der Waals surface area contributed by atoms with Crippen LogP contribution in [0.4, 0.5) is 0 Å². The number of nitrogens with zero attached hydrogens (tertiary/aromatic N) is 3. The normalized spacial score (nSPS) is 9.60. The summed E-state index contributed by atoms with van der Waals surface area (Å²) in [6.07, 6.45) is 0.521. The van der Waals surface area contributed by atoms with Crippen LogP contribution in [0.25, 0.3) is 0 Å². The van der Waals surface area contributed by atoms with Gasteiger partial charge in [-0.3, -0.25) is 19.2 Å². The van der Waals surface area contributed by atoms with Gasteiger partial charge in [0.2, 0.25) is 24.1 Å². The first-order valence-corrected chi connectivity index (χ1v) is 6.22. The summed E-state index contributed by atoms with van der Waals surface area (Å²) < 4.78 is 0. The minimum absolute atomic E-state index is 0.0344. The zero-order valence-electron chi connectivity index (χ0n) is 12.4. The number of hydrogen-bond acceptors (Lipinski definition) is 4. The molecule has 0 aromatic heterocycles. The van der Waals surface area contributed by atoms with Crippen molar-refractivity contribution >= 4 is 24.1 Å². The Kier molecular flexibility index (Phi) is 7.95. The quantitative estimate of drug-likeness (QED) is 0.529. The van der Waals surface area contributed by atoms with Gasteiger partial charge in [0, 0.05) is 27.7 Å². The summed E-state index contributed by atoms with van der Waals surface area (Å²) in [6.45, 7) is 2.05. The highest BCUT2D eigenvalue weighted by Gasteiger charge is 2.16. The van der Waals surface area contributed by atoms with Crippen LogP contribution < -0.4 is 5.32 Å². The molecule has 4 amide bonds. The Balaban J connectivity index is 4.11. The van der Waals surface area contributed by atoms with Crippen LogP contribution in [0.1, 0.15) is 6.92 Å². The summed E-state index contributed by atoms with van der Waals surface area (Å²) in [5.74, 6) is -0.973. The zero-order valence-corrected chi connectivity index (χ0v) is 12.4. The number of carbonyl (C=O) groups is 4. The van der Waals surface area contributed by atoms with Gasteiger partial charge in [0.05, 0.1) is 19.6 Å². The molecule has 0 heterocycles. The Labute approximate surface area is 118 Å². The lowest BCUT2D eigenvalue weighted by molar-refractivity contribution is -0.138. The maximum absolute atomic E-state index is 11.7. The molecule has 0 radical (unpaired) electrons. The molecule has 0 saturated heterocycles. The predicted molar refractivity (Wildman–Crippen MR) is 72.7 cm³/mol. The number of hydrogen-bond donors (Lipinski definition) is 1. The summed E-state index contributed by atoms with van der Waals surface area (Å²) in [7, 11) is 4.60. The van der Waals surface area contributed by atoms with Gasteiger partial charge >= 0.3 is 0 Å². The van der Waals surface area contributed by atoms with Gasteiger partial charge in [-0.1, -0.05) is 0 Å².